The molecule has 0 amide bonds. The molecule has 32 heavy (non-hydrogen) atoms. The van der Waals surface area contributed by atoms with E-state index in [1.807, 2.05) is 0 Å². The van der Waals surface area contributed by atoms with E-state index in [2.05, 4.69) is 20.8 Å². The van der Waals surface area contributed by atoms with Crippen molar-refractivity contribution in [3.63, 3.8) is 0 Å². The Kier molecular flexibility index (Phi) is 6.50. The second-order valence-corrected chi connectivity index (χ2v) is 6.13. The zero-order chi connectivity index (χ0) is 23.1. The summed E-state index contributed by atoms with van der Waals surface area (Å²) in [6, 6.07) is 16.2. The molecule has 0 spiro atoms. The van der Waals surface area contributed by atoms with Crippen molar-refractivity contribution in [3.8, 4) is 0 Å². The van der Waals surface area contributed by atoms with E-state index in [9.17, 15) is 30.3 Å². The number of benzene rings is 3. The molecule has 13 nitrogen and oxygen atoms in total. The van der Waals surface area contributed by atoms with Crippen LogP contribution in [0.3, 0.4) is 0 Å². The third-order valence-electron chi connectivity index (χ3n) is 4.03. The van der Waals surface area contributed by atoms with Crippen LogP contribution in [0.15, 0.2) is 88.1 Å². The van der Waals surface area contributed by atoms with Gasteiger partial charge in [-0.05, 0) is 36.4 Å². The molecule has 0 saturated carbocycles. The number of hydrogen-bond acceptors (Lipinski definition) is 9. The van der Waals surface area contributed by atoms with Crippen LogP contribution in [0.5, 0.6) is 0 Å². The molecule has 160 valence electrons. The van der Waals surface area contributed by atoms with Crippen molar-refractivity contribution in [1.82, 2.24) is 0 Å². The maximum Gasteiger partial charge on any atom is 0.269 e. The lowest BCUT2D eigenvalue weighted by Crippen LogP contribution is -2.02. The fourth-order valence-corrected chi connectivity index (χ4v) is 2.40. The highest BCUT2D eigenvalue weighted by molar-refractivity contribution is 5.99. The van der Waals surface area contributed by atoms with Gasteiger partial charge in [0, 0.05) is 42.0 Å². The predicted molar refractivity (Wildman–Crippen MR) is 114 cm³/mol. The van der Waals surface area contributed by atoms with Crippen LogP contribution in [0.2, 0.25) is 0 Å². The Labute approximate surface area is 179 Å². The molecule has 3 aromatic rings. The van der Waals surface area contributed by atoms with Crippen LogP contribution in [-0.2, 0) is 0 Å². The number of hydrazone groups is 1. The van der Waals surface area contributed by atoms with Crippen molar-refractivity contribution < 1.29 is 14.8 Å². The first kappa shape index (κ1) is 21.6. The smallest absolute Gasteiger partial charge is 0.269 e. The summed E-state index contributed by atoms with van der Waals surface area (Å²) in [6.45, 7) is 0. The number of nitrogens with one attached hydrogen (secondary N) is 1. The number of amidine groups is 1. The van der Waals surface area contributed by atoms with Crippen LogP contribution in [0, 0.1) is 30.3 Å². The number of nitro groups is 3. The summed E-state index contributed by atoms with van der Waals surface area (Å²) in [5.41, 5.74) is 3.53. The molecule has 0 aliphatic carbocycles. The van der Waals surface area contributed by atoms with E-state index in [0.29, 0.717) is 16.9 Å². The van der Waals surface area contributed by atoms with Crippen LogP contribution in [0.1, 0.15) is 5.56 Å². The highest BCUT2D eigenvalue weighted by Crippen LogP contribution is 2.20. The molecule has 1 N–H and O–H groups in total. The van der Waals surface area contributed by atoms with Crippen LogP contribution in [0.25, 0.3) is 0 Å². The third-order valence-corrected chi connectivity index (χ3v) is 4.03. The van der Waals surface area contributed by atoms with Gasteiger partial charge in [-0.1, -0.05) is 0 Å². The molecule has 0 fully saturated rings. The lowest BCUT2D eigenvalue weighted by Gasteiger charge is -2.03. The zero-order valence-electron chi connectivity index (χ0n) is 16.1. The van der Waals surface area contributed by atoms with E-state index >= 15 is 0 Å². The van der Waals surface area contributed by atoms with E-state index in [1.54, 1.807) is 0 Å². The number of rotatable bonds is 7. The fraction of sp³-hybridized carbons (Fsp3) is 0. The number of nitro benzene ring substituents is 3. The van der Waals surface area contributed by atoms with Crippen LogP contribution < -0.4 is 5.43 Å². The van der Waals surface area contributed by atoms with Gasteiger partial charge in [0.15, 0.2) is 0 Å². The third kappa shape index (κ3) is 5.50. The average molecular weight is 435 g/mol. The maximum absolute atomic E-state index is 10.9. The monoisotopic (exact) mass is 435 g/mol. The summed E-state index contributed by atoms with van der Waals surface area (Å²) in [5, 5.41) is 44.6. The molecule has 0 saturated heterocycles. The van der Waals surface area contributed by atoms with Crippen molar-refractivity contribution in [2.24, 2.45) is 15.3 Å². The highest BCUT2D eigenvalue weighted by atomic mass is 16.6. The topological polar surface area (TPSA) is 179 Å². The fourth-order valence-electron chi connectivity index (χ4n) is 2.40. The average Bonchev–Trinajstić information content (AvgIpc) is 2.79. The summed E-state index contributed by atoms with van der Waals surface area (Å²) in [7, 11) is 0. The van der Waals surface area contributed by atoms with Gasteiger partial charge in [-0.15, -0.1) is 10.2 Å². The van der Waals surface area contributed by atoms with E-state index in [0.717, 1.165) is 0 Å². The Bertz CT molecular complexity index is 1210. The van der Waals surface area contributed by atoms with Gasteiger partial charge in [0.1, 0.15) is 0 Å². The van der Waals surface area contributed by atoms with E-state index < -0.39 is 14.8 Å². The quantitative estimate of drug-likeness (QED) is 0.179. The largest absolute Gasteiger partial charge is 0.276 e. The molecule has 3 rings (SSSR count). The van der Waals surface area contributed by atoms with Gasteiger partial charge in [-0.3, -0.25) is 35.8 Å². The molecule has 0 radical (unpaired) electrons. The molecule has 0 aliphatic rings. The molecule has 3 aromatic carbocycles. The molecule has 0 heterocycles. The summed E-state index contributed by atoms with van der Waals surface area (Å²) >= 11 is 0. The molecular weight excluding hydrogens is 422 g/mol. The molecule has 0 atom stereocenters. The molecule has 13 heteroatoms. The minimum Gasteiger partial charge on any atom is -0.276 e. The second-order valence-electron chi connectivity index (χ2n) is 6.13. The van der Waals surface area contributed by atoms with E-state index in [1.165, 1.54) is 72.8 Å². The number of anilines is 1. The molecule has 0 bridgehead atoms. The number of hydrogen-bond donors (Lipinski definition) is 1. The van der Waals surface area contributed by atoms with Gasteiger partial charge in [-0.25, -0.2) is 0 Å². The van der Waals surface area contributed by atoms with Crippen molar-refractivity contribution in [3.05, 3.63) is 109 Å². The number of non-ortho nitro benzene ring substituents is 3. The Balaban J connectivity index is 1.89. The highest BCUT2D eigenvalue weighted by Gasteiger charge is 2.10. The van der Waals surface area contributed by atoms with Crippen molar-refractivity contribution in [2.75, 3.05) is 5.43 Å². The SMILES string of the molecule is O=[N+]([O-])c1ccc(N=N/C(=N/Nc2ccc([N+](=O)[O-])cc2)c2ccc([N+](=O)[O-])cc2)cc1. The van der Waals surface area contributed by atoms with Crippen molar-refractivity contribution >= 4 is 34.3 Å². The van der Waals surface area contributed by atoms with Gasteiger partial charge < -0.3 is 0 Å². The zero-order valence-corrected chi connectivity index (χ0v) is 16.1. The van der Waals surface area contributed by atoms with Gasteiger partial charge in [-0.2, -0.15) is 5.10 Å². The second kappa shape index (κ2) is 9.62. The first-order chi connectivity index (χ1) is 15.3. The van der Waals surface area contributed by atoms with Crippen LogP contribution in [0.4, 0.5) is 28.4 Å². The summed E-state index contributed by atoms with van der Waals surface area (Å²) < 4.78 is 0. The van der Waals surface area contributed by atoms with E-state index in [-0.39, 0.29) is 22.9 Å². The number of nitrogens with zero attached hydrogens (tertiary/aromatic N) is 6. The molecule has 0 aliphatic heterocycles. The minimum atomic E-state index is -0.548. The van der Waals surface area contributed by atoms with Crippen LogP contribution >= 0.6 is 0 Å². The molecular formula is C19H13N7O6. The minimum absolute atomic E-state index is 0.0524. The summed E-state index contributed by atoms with van der Waals surface area (Å²) in [4.78, 5) is 30.8. The first-order valence-electron chi connectivity index (χ1n) is 8.82. The summed E-state index contributed by atoms with van der Waals surface area (Å²) in [6.07, 6.45) is 0. The molecule has 0 aromatic heterocycles. The van der Waals surface area contributed by atoms with Gasteiger partial charge in [0.05, 0.1) is 26.1 Å². The number of azo groups is 1. The lowest BCUT2D eigenvalue weighted by molar-refractivity contribution is -0.385. The Hall–Kier alpha value is -5.07. The summed E-state index contributed by atoms with van der Waals surface area (Å²) in [5.74, 6) is 0.0524. The Morgan fingerprint density at radius 2 is 1.09 bits per heavy atom. The Morgan fingerprint density at radius 3 is 1.56 bits per heavy atom. The van der Waals surface area contributed by atoms with Crippen molar-refractivity contribution in [1.29, 1.82) is 0 Å². The van der Waals surface area contributed by atoms with Gasteiger partial charge >= 0.3 is 0 Å². The van der Waals surface area contributed by atoms with Crippen molar-refractivity contribution in [2.45, 2.75) is 0 Å². The van der Waals surface area contributed by atoms with E-state index in [4.69, 9.17) is 0 Å². The lowest BCUT2D eigenvalue weighted by atomic mass is 10.2. The van der Waals surface area contributed by atoms with Crippen LogP contribution in [-0.4, -0.2) is 20.6 Å². The normalized spacial score (nSPS) is 11.3. The van der Waals surface area contributed by atoms with Gasteiger partial charge in [0.2, 0.25) is 5.84 Å². The predicted octanol–water partition coefficient (Wildman–Crippen LogP) is 4.97. The molecule has 0 unspecified atom stereocenters. The first-order valence-corrected chi connectivity index (χ1v) is 8.82. The van der Waals surface area contributed by atoms with Gasteiger partial charge in [0.25, 0.3) is 17.1 Å². The maximum atomic E-state index is 10.9. The Morgan fingerprint density at radius 1 is 0.656 bits per heavy atom. The standard InChI is InChI=1S/C19H13N7O6/c27-24(28)16-7-1-13(2-8-16)19(22-20-14-3-9-17(10-4-14)25(29)30)23-21-15-5-11-18(12-6-15)26(31)32/h1-12,20H/b22-19+,23-21?.